The lowest BCUT2D eigenvalue weighted by Gasteiger charge is -2.34. The van der Waals surface area contributed by atoms with Gasteiger partial charge >= 0.3 is 0 Å². The zero-order valence-corrected chi connectivity index (χ0v) is 17.7. The topological polar surface area (TPSA) is 116 Å². The van der Waals surface area contributed by atoms with Crippen LogP contribution in [0.2, 0.25) is 0 Å². The normalized spacial score (nSPS) is 19.6. The molecule has 0 radical (unpaired) electrons. The Morgan fingerprint density at radius 3 is 2.48 bits per heavy atom. The first-order valence-corrected chi connectivity index (χ1v) is 11.3. The zero-order chi connectivity index (χ0) is 21.2. The van der Waals surface area contributed by atoms with Crippen LogP contribution in [0.25, 0.3) is 0 Å². The Bertz CT molecular complexity index is 881. The first-order chi connectivity index (χ1) is 13.7. The summed E-state index contributed by atoms with van der Waals surface area (Å²) in [5.74, 6) is -0.326. The van der Waals surface area contributed by atoms with E-state index in [2.05, 4.69) is 9.62 Å². The highest BCUT2D eigenvalue weighted by atomic mass is 32.2. The number of carbonyl (C=O) groups excluding carboxylic acids is 2. The van der Waals surface area contributed by atoms with Crippen LogP contribution < -0.4 is 15.4 Å². The number of likely N-dealkylation sites (N-methyl/N-ethyl adjacent to an activating group) is 1. The van der Waals surface area contributed by atoms with Crippen LogP contribution in [0, 0.1) is 6.92 Å². The first-order valence-electron chi connectivity index (χ1n) is 9.84. The molecular formula is C19H29N5O4S. The Labute approximate surface area is 171 Å². The highest BCUT2D eigenvalue weighted by Gasteiger charge is 2.32. The van der Waals surface area contributed by atoms with Crippen molar-refractivity contribution in [1.29, 1.82) is 0 Å². The summed E-state index contributed by atoms with van der Waals surface area (Å²) >= 11 is 0. The van der Waals surface area contributed by atoms with E-state index in [0.29, 0.717) is 37.3 Å². The highest BCUT2D eigenvalue weighted by molar-refractivity contribution is 7.89. The molecule has 0 saturated carbocycles. The number of hydrogen-bond donors (Lipinski definition) is 2. The number of anilines is 1. The molecule has 10 heteroatoms. The number of nitrogens with zero attached hydrogens (tertiary/aromatic N) is 3. The fourth-order valence-corrected chi connectivity index (χ4v) is 5.25. The van der Waals surface area contributed by atoms with Crippen LogP contribution in [0.3, 0.4) is 0 Å². The number of nitrogens with two attached hydrogens (primary N) is 1. The van der Waals surface area contributed by atoms with Crippen LogP contribution in [0.15, 0.2) is 23.1 Å². The summed E-state index contributed by atoms with van der Waals surface area (Å²) in [5.41, 5.74) is 6.81. The molecule has 1 aromatic rings. The Morgan fingerprint density at radius 2 is 1.90 bits per heavy atom. The lowest BCUT2D eigenvalue weighted by molar-refractivity contribution is -0.134. The van der Waals surface area contributed by atoms with Gasteiger partial charge in [-0.05, 0) is 38.1 Å². The van der Waals surface area contributed by atoms with E-state index in [9.17, 15) is 18.0 Å². The van der Waals surface area contributed by atoms with Crippen molar-refractivity contribution in [3.05, 3.63) is 23.8 Å². The molecule has 2 aliphatic heterocycles. The number of piperazine rings is 1. The molecule has 9 nitrogen and oxygen atoms in total. The number of hydrogen-bond acceptors (Lipinski definition) is 6. The third kappa shape index (κ3) is 4.61. The van der Waals surface area contributed by atoms with Crippen molar-refractivity contribution in [3.8, 4) is 0 Å². The monoisotopic (exact) mass is 423 g/mol. The van der Waals surface area contributed by atoms with Crippen molar-refractivity contribution < 1.29 is 18.0 Å². The Balaban J connectivity index is 1.81. The number of nitrogens with one attached hydrogen (secondary N) is 1. The van der Waals surface area contributed by atoms with E-state index in [1.165, 1.54) is 6.07 Å². The fraction of sp³-hybridized carbons (Fsp3) is 0.579. The lowest BCUT2D eigenvalue weighted by atomic mass is 10.2. The molecule has 2 fully saturated rings. The largest absolute Gasteiger partial charge is 0.339 e. The SMILES string of the molecule is Cc1c(N2CCCC2=O)cccc1S(=O)(=O)N[C@@H](CN)C(=O)N1CCN(C)CC1. The lowest BCUT2D eigenvalue weighted by Crippen LogP contribution is -2.56. The Kier molecular flexibility index (Phi) is 6.57. The van der Waals surface area contributed by atoms with Crippen molar-refractivity contribution in [3.63, 3.8) is 0 Å². The van der Waals surface area contributed by atoms with E-state index < -0.39 is 16.1 Å². The van der Waals surface area contributed by atoms with E-state index >= 15 is 0 Å². The number of carbonyl (C=O) groups is 2. The maximum atomic E-state index is 13.1. The maximum Gasteiger partial charge on any atom is 0.242 e. The van der Waals surface area contributed by atoms with Crippen molar-refractivity contribution in [2.24, 2.45) is 5.73 Å². The van der Waals surface area contributed by atoms with Gasteiger partial charge in [0, 0.05) is 51.4 Å². The Morgan fingerprint density at radius 1 is 1.21 bits per heavy atom. The second-order valence-corrected chi connectivity index (χ2v) is 9.27. The Hall–Kier alpha value is -2.01. The molecule has 3 N–H and O–H groups in total. The average Bonchev–Trinajstić information content (AvgIpc) is 3.12. The predicted molar refractivity (Wildman–Crippen MR) is 110 cm³/mol. The second-order valence-electron chi connectivity index (χ2n) is 7.59. The molecule has 2 heterocycles. The van der Waals surface area contributed by atoms with Crippen LogP contribution in [0.4, 0.5) is 5.69 Å². The minimum Gasteiger partial charge on any atom is -0.339 e. The van der Waals surface area contributed by atoms with Gasteiger partial charge in [0.1, 0.15) is 6.04 Å². The number of rotatable bonds is 6. The number of sulfonamides is 1. The summed E-state index contributed by atoms with van der Waals surface area (Å²) in [6, 6.07) is 3.81. The summed E-state index contributed by atoms with van der Waals surface area (Å²) in [7, 11) is -2.01. The van der Waals surface area contributed by atoms with Crippen molar-refractivity contribution in [1.82, 2.24) is 14.5 Å². The van der Waals surface area contributed by atoms with Gasteiger partial charge in [0.15, 0.2) is 0 Å². The van der Waals surface area contributed by atoms with Crippen molar-refractivity contribution >= 4 is 27.5 Å². The van der Waals surface area contributed by atoms with E-state index in [0.717, 1.165) is 19.5 Å². The first kappa shape index (κ1) is 21.7. The number of benzene rings is 1. The van der Waals surface area contributed by atoms with Gasteiger partial charge in [0.25, 0.3) is 0 Å². The molecule has 2 aliphatic rings. The summed E-state index contributed by atoms with van der Waals surface area (Å²) in [5, 5.41) is 0. The van der Waals surface area contributed by atoms with Crippen LogP contribution >= 0.6 is 0 Å². The van der Waals surface area contributed by atoms with E-state index in [1.807, 2.05) is 7.05 Å². The van der Waals surface area contributed by atoms with Gasteiger partial charge < -0.3 is 20.4 Å². The molecule has 1 aromatic carbocycles. The molecule has 2 saturated heterocycles. The number of amides is 2. The van der Waals surface area contributed by atoms with Gasteiger partial charge in [-0.25, -0.2) is 8.42 Å². The maximum absolute atomic E-state index is 13.1. The van der Waals surface area contributed by atoms with E-state index in [4.69, 9.17) is 5.73 Å². The molecule has 0 aliphatic carbocycles. The van der Waals surface area contributed by atoms with E-state index in [1.54, 1.807) is 28.9 Å². The molecule has 0 spiro atoms. The highest BCUT2D eigenvalue weighted by Crippen LogP contribution is 2.29. The fourth-order valence-electron chi connectivity index (χ4n) is 3.79. The average molecular weight is 424 g/mol. The minimum absolute atomic E-state index is 0.0133. The van der Waals surface area contributed by atoms with Crippen LogP contribution in [-0.2, 0) is 19.6 Å². The van der Waals surface area contributed by atoms with E-state index in [-0.39, 0.29) is 23.3 Å². The summed E-state index contributed by atoms with van der Waals surface area (Å²) in [6.45, 7) is 4.67. The predicted octanol–water partition coefficient (Wildman–Crippen LogP) is -0.499. The third-order valence-corrected chi connectivity index (χ3v) is 7.17. The van der Waals surface area contributed by atoms with Crippen LogP contribution in [0.1, 0.15) is 18.4 Å². The molecule has 0 bridgehead atoms. The quantitative estimate of drug-likeness (QED) is 0.637. The molecule has 160 valence electrons. The molecule has 0 aromatic heterocycles. The van der Waals surface area contributed by atoms with Gasteiger partial charge in [-0.15, -0.1) is 0 Å². The minimum atomic E-state index is -3.99. The van der Waals surface area contributed by atoms with Crippen LogP contribution in [-0.4, -0.2) is 82.4 Å². The smallest absolute Gasteiger partial charge is 0.242 e. The third-order valence-electron chi connectivity index (χ3n) is 5.56. The standard InChI is InChI=1S/C19H29N5O4S/c1-14-16(24-8-4-7-18(24)25)5-3-6-17(14)29(27,28)21-15(13-20)19(26)23-11-9-22(2)10-12-23/h3,5-6,15,21H,4,7-13,20H2,1-2H3/t15-/m0/s1. The molecular weight excluding hydrogens is 394 g/mol. The van der Waals surface area contributed by atoms with Gasteiger partial charge in [-0.3, -0.25) is 9.59 Å². The van der Waals surface area contributed by atoms with Crippen LogP contribution in [0.5, 0.6) is 0 Å². The molecule has 0 unspecified atom stereocenters. The molecule has 2 amide bonds. The second kappa shape index (κ2) is 8.78. The summed E-state index contributed by atoms with van der Waals surface area (Å²) < 4.78 is 28.6. The van der Waals surface area contributed by atoms with Gasteiger partial charge in [0.2, 0.25) is 21.8 Å². The molecule has 3 rings (SSSR count). The van der Waals surface area contributed by atoms with Gasteiger partial charge in [-0.2, -0.15) is 4.72 Å². The van der Waals surface area contributed by atoms with Gasteiger partial charge in [0.05, 0.1) is 4.90 Å². The zero-order valence-electron chi connectivity index (χ0n) is 16.9. The van der Waals surface area contributed by atoms with Crippen molar-refractivity contribution in [2.45, 2.75) is 30.7 Å². The van der Waals surface area contributed by atoms with Gasteiger partial charge in [-0.1, -0.05) is 6.07 Å². The summed E-state index contributed by atoms with van der Waals surface area (Å²) in [6.07, 6.45) is 1.21. The van der Waals surface area contributed by atoms with Crippen molar-refractivity contribution in [2.75, 3.05) is 51.2 Å². The molecule has 1 atom stereocenters. The molecule has 29 heavy (non-hydrogen) atoms. The summed E-state index contributed by atoms with van der Waals surface area (Å²) in [4.78, 5) is 30.3.